The molecule has 0 saturated heterocycles. The van der Waals surface area contributed by atoms with E-state index in [2.05, 4.69) is 21.2 Å². The molecule has 0 aliphatic carbocycles. The van der Waals surface area contributed by atoms with Crippen LogP contribution in [0, 0.1) is 6.92 Å². The third kappa shape index (κ3) is 6.66. The number of hydrogen-bond donors (Lipinski definition) is 1. The summed E-state index contributed by atoms with van der Waals surface area (Å²) in [7, 11) is 3.89. The van der Waals surface area contributed by atoms with Crippen molar-refractivity contribution in [1.29, 1.82) is 0 Å². The molecule has 0 bridgehead atoms. The topological polar surface area (TPSA) is 50.8 Å². The Kier molecular flexibility index (Phi) is 6.68. The second-order valence-electron chi connectivity index (χ2n) is 6.43. The van der Waals surface area contributed by atoms with Gasteiger partial charge in [0.25, 0.3) is 0 Å². The number of ether oxygens (including phenoxy) is 2. The van der Waals surface area contributed by atoms with Gasteiger partial charge in [0.2, 0.25) is 0 Å². The van der Waals surface area contributed by atoms with Gasteiger partial charge in [-0.2, -0.15) is 0 Å². The van der Waals surface area contributed by atoms with Crippen molar-refractivity contribution in [3.63, 3.8) is 0 Å². The zero-order chi connectivity index (χ0) is 16.9. The molecule has 0 radical (unpaired) electrons. The molecule has 5 nitrogen and oxygen atoms in total. The number of nitrogens with one attached hydrogen (secondary N) is 1. The zero-order valence-electron chi connectivity index (χ0n) is 14.1. The zero-order valence-corrected chi connectivity index (χ0v) is 15.7. The van der Waals surface area contributed by atoms with Gasteiger partial charge in [0.1, 0.15) is 18.1 Å². The summed E-state index contributed by atoms with van der Waals surface area (Å²) in [5.74, 6) is 0.815. The Balaban J connectivity index is 2.68. The second kappa shape index (κ2) is 7.83. The van der Waals surface area contributed by atoms with Crippen LogP contribution in [0.15, 0.2) is 16.6 Å². The number of alkyl carbamates (subject to hydrolysis) is 1. The predicted molar refractivity (Wildman–Crippen MR) is 91.1 cm³/mol. The van der Waals surface area contributed by atoms with Crippen molar-refractivity contribution in [2.45, 2.75) is 39.8 Å². The monoisotopic (exact) mass is 372 g/mol. The number of amides is 1. The lowest BCUT2D eigenvalue weighted by molar-refractivity contribution is 0.0523. The predicted octanol–water partition coefficient (Wildman–Crippen LogP) is 3.68. The molecule has 0 aromatic heterocycles. The minimum atomic E-state index is -0.496. The van der Waals surface area contributed by atoms with Crippen molar-refractivity contribution in [1.82, 2.24) is 10.2 Å². The molecule has 1 amide bonds. The summed E-state index contributed by atoms with van der Waals surface area (Å²) < 4.78 is 11.8. The molecule has 0 heterocycles. The second-order valence-corrected chi connectivity index (χ2v) is 7.29. The first-order chi connectivity index (χ1) is 10.1. The summed E-state index contributed by atoms with van der Waals surface area (Å²) in [5.41, 5.74) is 1.49. The van der Waals surface area contributed by atoms with Crippen LogP contribution in [0.3, 0.4) is 0 Å². The van der Waals surface area contributed by atoms with Crippen LogP contribution in [0.25, 0.3) is 0 Å². The first-order valence-corrected chi connectivity index (χ1v) is 7.91. The maximum absolute atomic E-state index is 11.7. The van der Waals surface area contributed by atoms with E-state index in [1.165, 1.54) is 0 Å². The molecule has 0 aliphatic heterocycles. The first kappa shape index (κ1) is 18.8. The maximum Gasteiger partial charge on any atom is 0.407 e. The van der Waals surface area contributed by atoms with E-state index < -0.39 is 11.7 Å². The summed E-state index contributed by atoms with van der Waals surface area (Å²) in [4.78, 5) is 13.6. The van der Waals surface area contributed by atoms with Crippen LogP contribution in [0.2, 0.25) is 0 Å². The van der Waals surface area contributed by atoms with Gasteiger partial charge < -0.3 is 14.8 Å². The number of nitrogens with zero attached hydrogens (tertiary/aromatic N) is 1. The van der Waals surface area contributed by atoms with Gasteiger partial charge in [-0.1, -0.05) is 6.07 Å². The van der Waals surface area contributed by atoms with Crippen LogP contribution in [0.5, 0.6) is 5.75 Å². The average molecular weight is 373 g/mol. The summed E-state index contributed by atoms with van der Waals surface area (Å²) in [6, 6.07) is 3.93. The van der Waals surface area contributed by atoms with Crippen molar-refractivity contribution in [3.8, 4) is 5.75 Å². The molecular formula is C16H25BrN2O3. The third-order valence-electron chi connectivity index (χ3n) is 2.59. The van der Waals surface area contributed by atoms with Crippen LogP contribution in [0.1, 0.15) is 31.9 Å². The quantitative estimate of drug-likeness (QED) is 0.800. The van der Waals surface area contributed by atoms with Crippen LogP contribution >= 0.6 is 15.9 Å². The highest BCUT2D eigenvalue weighted by atomic mass is 79.9. The van der Waals surface area contributed by atoms with E-state index in [9.17, 15) is 4.79 Å². The summed E-state index contributed by atoms with van der Waals surface area (Å²) in [5, 5.41) is 2.75. The number of hydrogen-bond acceptors (Lipinski definition) is 4. The van der Waals surface area contributed by atoms with Crippen LogP contribution < -0.4 is 10.1 Å². The van der Waals surface area contributed by atoms with Gasteiger partial charge in [-0.3, -0.25) is 4.90 Å². The van der Waals surface area contributed by atoms with Crippen LogP contribution in [-0.2, 0) is 11.3 Å². The Labute approximate surface area is 141 Å². The molecule has 1 aromatic carbocycles. The highest BCUT2D eigenvalue weighted by molar-refractivity contribution is 9.10. The van der Waals surface area contributed by atoms with E-state index >= 15 is 0 Å². The van der Waals surface area contributed by atoms with E-state index in [4.69, 9.17) is 9.47 Å². The molecule has 1 aromatic rings. The normalized spacial score (nSPS) is 11.5. The van der Waals surface area contributed by atoms with Gasteiger partial charge in [-0.15, -0.1) is 0 Å². The number of carbonyl (C=O) groups is 1. The van der Waals surface area contributed by atoms with Gasteiger partial charge >= 0.3 is 6.09 Å². The molecule has 0 spiro atoms. The fourth-order valence-corrected chi connectivity index (χ4v) is 2.49. The SMILES string of the molecule is Cc1cc(CNC(=O)OC(C)(C)C)cc(Br)c1OCN(C)C. The van der Waals surface area contributed by atoms with Gasteiger partial charge in [0, 0.05) is 6.54 Å². The lowest BCUT2D eigenvalue weighted by atomic mass is 10.1. The lowest BCUT2D eigenvalue weighted by Gasteiger charge is -2.20. The molecule has 124 valence electrons. The Morgan fingerprint density at radius 2 is 1.95 bits per heavy atom. The number of rotatable bonds is 5. The fourth-order valence-electron chi connectivity index (χ4n) is 1.77. The summed E-state index contributed by atoms with van der Waals surface area (Å²) in [6.07, 6.45) is -0.422. The van der Waals surface area contributed by atoms with Crippen molar-refractivity contribution < 1.29 is 14.3 Å². The van der Waals surface area contributed by atoms with E-state index in [-0.39, 0.29) is 0 Å². The number of halogens is 1. The lowest BCUT2D eigenvalue weighted by Crippen LogP contribution is -2.32. The van der Waals surface area contributed by atoms with Gasteiger partial charge in [-0.05, 0) is 74.9 Å². The Hall–Kier alpha value is -1.27. The molecule has 0 unspecified atom stereocenters. The molecule has 1 N–H and O–H groups in total. The molecule has 0 fully saturated rings. The van der Waals surface area contributed by atoms with Gasteiger partial charge in [-0.25, -0.2) is 4.79 Å². The summed E-state index contributed by atoms with van der Waals surface area (Å²) >= 11 is 3.52. The molecule has 1 rings (SSSR count). The smallest absolute Gasteiger partial charge is 0.407 e. The highest BCUT2D eigenvalue weighted by Crippen LogP contribution is 2.30. The maximum atomic E-state index is 11.7. The van der Waals surface area contributed by atoms with Crippen molar-refractivity contribution in [2.75, 3.05) is 20.8 Å². The molecule has 0 atom stereocenters. The molecule has 0 saturated carbocycles. The average Bonchev–Trinajstić information content (AvgIpc) is 2.33. The van der Waals surface area contributed by atoms with Crippen molar-refractivity contribution in [3.05, 3.63) is 27.7 Å². The van der Waals surface area contributed by atoms with Crippen molar-refractivity contribution in [2.24, 2.45) is 0 Å². The van der Waals surface area contributed by atoms with Crippen LogP contribution in [0.4, 0.5) is 4.79 Å². The minimum absolute atomic E-state index is 0.405. The standard InChI is InChI=1S/C16H25BrN2O3/c1-11-7-12(9-18-15(20)22-16(2,3)4)8-13(17)14(11)21-10-19(5)6/h7-8H,9-10H2,1-6H3,(H,18,20). The molecule has 0 aliphatic rings. The highest BCUT2D eigenvalue weighted by Gasteiger charge is 2.16. The first-order valence-electron chi connectivity index (χ1n) is 7.12. The molecule has 22 heavy (non-hydrogen) atoms. The number of aryl methyl sites for hydroxylation is 1. The number of benzene rings is 1. The van der Waals surface area contributed by atoms with E-state index in [1.807, 2.05) is 58.8 Å². The third-order valence-corrected chi connectivity index (χ3v) is 3.18. The van der Waals surface area contributed by atoms with E-state index in [0.29, 0.717) is 13.3 Å². The van der Waals surface area contributed by atoms with E-state index in [1.54, 1.807) is 0 Å². The largest absolute Gasteiger partial charge is 0.477 e. The van der Waals surface area contributed by atoms with Crippen molar-refractivity contribution >= 4 is 22.0 Å². The Morgan fingerprint density at radius 1 is 1.32 bits per heavy atom. The van der Waals surface area contributed by atoms with Gasteiger partial charge in [0.05, 0.1) is 4.47 Å². The Morgan fingerprint density at radius 3 is 2.45 bits per heavy atom. The molecule has 6 heteroatoms. The minimum Gasteiger partial charge on any atom is -0.477 e. The van der Waals surface area contributed by atoms with Crippen LogP contribution in [-0.4, -0.2) is 37.4 Å². The molecular weight excluding hydrogens is 348 g/mol. The number of carbonyl (C=O) groups excluding carboxylic acids is 1. The summed E-state index contributed by atoms with van der Waals surface area (Å²) in [6.45, 7) is 8.41. The Bertz CT molecular complexity index is 502. The van der Waals surface area contributed by atoms with Gasteiger partial charge in [0.15, 0.2) is 0 Å². The van der Waals surface area contributed by atoms with E-state index in [0.717, 1.165) is 21.3 Å². The fraction of sp³-hybridized carbons (Fsp3) is 0.562.